The first-order valence-electron chi connectivity index (χ1n) is 8.11. The quantitative estimate of drug-likeness (QED) is 0.262. The molecule has 4 nitrogen and oxygen atoms in total. The van der Waals surface area contributed by atoms with Gasteiger partial charge in [0.2, 0.25) is 11.6 Å². The Morgan fingerprint density at radius 1 is 0.815 bits per heavy atom. The van der Waals surface area contributed by atoms with Crippen LogP contribution in [0, 0.1) is 16.7 Å². The summed E-state index contributed by atoms with van der Waals surface area (Å²) in [4.78, 5) is 24.5. The lowest BCUT2D eigenvalue weighted by Gasteiger charge is -1.98. The van der Waals surface area contributed by atoms with Crippen LogP contribution in [-0.4, -0.2) is 17.4 Å². The third-order valence-electron chi connectivity index (χ3n) is 3.56. The molecule has 0 heterocycles. The van der Waals surface area contributed by atoms with Gasteiger partial charge in [-0.3, -0.25) is 15.0 Å². The molecule has 2 rings (SSSR count). The number of nitrogens with one attached hydrogen (secondary N) is 1. The van der Waals surface area contributed by atoms with E-state index in [9.17, 15) is 9.59 Å². The molecule has 0 fully saturated rings. The van der Waals surface area contributed by atoms with Crippen LogP contribution in [0.25, 0.3) is 0 Å². The van der Waals surface area contributed by atoms with E-state index in [4.69, 9.17) is 10.7 Å². The molecule has 0 saturated heterocycles. The van der Waals surface area contributed by atoms with Crippen molar-refractivity contribution in [2.24, 2.45) is 0 Å². The smallest absolute Gasteiger partial charge is 0.203 e. The Bertz CT molecular complexity index is 1000. The summed E-state index contributed by atoms with van der Waals surface area (Å²) in [6.45, 7) is 0. The van der Waals surface area contributed by atoms with Crippen molar-refractivity contribution in [1.29, 1.82) is 10.7 Å². The molecule has 1 N–H and O–H groups in total. The average molecular weight is 352 g/mol. The van der Waals surface area contributed by atoms with E-state index in [0.717, 1.165) is 0 Å². The molecule has 0 aliphatic rings. The summed E-state index contributed by atoms with van der Waals surface area (Å²) in [5.74, 6) is 1.47. The van der Waals surface area contributed by atoms with Crippen molar-refractivity contribution < 1.29 is 9.59 Å². The van der Waals surface area contributed by atoms with Crippen LogP contribution in [0.4, 0.5) is 0 Å². The van der Waals surface area contributed by atoms with E-state index in [1.165, 1.54) is 18.2 Å². The van der Waals surface area contributed by atoms with Gasteiger partial charge < -0.3 is 0 Å². The number of hydrogen-bond acceptors (Lipinski definition) is 4. The highest BCUT2D eigenvalue weighted by Gasteiger charge is 2.10. The Morgan fingerprint density at radius 3 is 1.89 bits per heavy atom. The maximum Gasteiger partial charge on any atom is 0.203 e. The Labute approximate surface area is 157 Å². The fourth-order valence-corrected chi connectivity index (χ4v) is 2.20. The molecule has 0 bridgehead atoms. The standard InChI is InChI=1S/C23H16N2O2/c24-16-20(22(26)18-10-4-1-5-11-18)14-8-3-9-15-21(17-25)23(27)19-12-6-2-7-13-19/h1-15,24H/b9-3+,14-8+,21-15+. The minimum Gasteiger partial charge on any atom is -0.288 e. The molecular formula is C23H16N2O2. The highest BCUT2D eigenvalue weighted by atomic mass is 16.1. The zero-order chi connectivity index (χ0) is 19.5. The third-order valence-corrected chi connectivity index (χ3v) is 3.56. The summed E-state index contributed by atoms with van der Waals surface area (Å²) in [5, 5.41) is 16.5. The lowest BCUT2D eigenvalue weighted by atomic mass is 10.0. The largest absolute Gasteiger partial charge is 0.288 e. The van der Waals surface area contributed by atoms with Gasteiger partial charge in [0.25, 0.3) is 0 Å². The molecule has 0 atom stereocenters. The minimum absolute atomic E-state index is 0.00836. The molecule has 0 spiro atoms. The highest BCUT2D eigenvalue weighted by Crippen LogP contribution is 2.09. The number of nitrogens with zero attached hydrogens (tertiary/aromatic N) is 1. The number of ketones is 2. The van der Waals surface area contributed by atoms with Gasteiger partial charge in [0.1, 0.15) is 6.07 Å². The zero-order valence-electron chi connectivity index (χ0n) is 14.4. The van der Waals surface area contributed by atoms with Gasteiger partial charge in [0, 0.05) is 11.1 Å². The molecule has 0 aromatic heterocycles. The van der Waals surface area contributed by atoms with E-state index < -0.39 is 0 Å². The van der Waals surface area contributed by atoms with Gasteiger partial charge in [-0.25, -0.2) is 0 Å². The van der Waals surface area contributed by atoms with E-state index in [2.05, 4.69) is 5.87 Å². The molecular weight excluding hydrogens is 336 g/mol. The van der Waals surface area contributed by atoms with Crippen LogP contribution in [0.1, 0.15) is 20.7 Å². The van der Waals surface area contributed by atoms with Gasteiger partial charge in [-0.2, -0.15) is 5.26 Å². The van der Waals surface area contributed by atoms with Crippen molar-refractivity contribution >= 4 is 17.4 Å². The maximum atomic E-state index is 12.2. The van der Waals surface area contributed by atoms with Crippen LogP contribution in [0.5, 0.6) is 0 Å². The fraction of sp³-hybridized carbons (Fsp3) is 0. The minimum atomic E-state index is -0.355. The van der Waals surface area contributed by atoms with Crippen LogP contribution >= 0.6 is 0 Å². The van der Waals surface area contributed by atoms with Gasteiger partial charge >= 0.3 is 0 Å². The molecule has 2 aromatic carbocycles. The first-order chi connectivity index (χ1) is 13.2. The number of carbonyl (C=O) groups is 2. The van der Waals surface area contributed by atoms with Gasteiger partial charge in [-0.1, -0.05) is 78.9 Å². The predicted octanol–water partition coefficient (Wildman–Crippen LogP) is 4.49. The molecule has 0 amide bonds. The molecule has 2 aromatic rings. The third kappa shape index (κ3) is 5.47. The molecule has 27 heavy (non-hydrogen) atoms. The number of Topliss-reactive ketones (excluding diaryl/α,β-unsaturated/α-hetero) is 2. The Morgan fingerprint density at radius 2 is 1.37 bits per heavy atom. The molecule has 4 heteroatoms. The summed E-state index contributed by atoms with van der Waals surface area (Å²) >= 11 is 0. The van der Waals surface area contributed by atoms with Crippen LogP contribution in [0.3, 0.4) is 0 Å². The summed E-state index contributed by atoms with van der Waals surface area (Å²) in [6, 6.07) is 19.1. The van der Waals surface area contributed by atoms with Crippen molar-refractivity contribution in [2.45, 2.75) is 0 Å². The van der Waals surface area contributed by atoms with Crippen molar-refractivity contribution in [3.8, 4) is 6.07 Å². The van der Waals surface area contributed by atoms with Crippen molar-refractivity contribution in [2.75, 3.05) is 0 Å². The number of carbonyl (C=O) groups excluding carboxylic acids is 2. The SMILES string of the molecule is N#C\C(=C/C=C/C=C/C(=C=N)C(=O)c1ccccc1)C(=O)c1ccccc1. The number of benzene rings is 2. The van der Waals surface area contributed by atoms with E-state index in [1.807, 2.05) is 6.07 Å². The van der Waals surface area contributed by atoms with E-state index in [0.29, 0.717) is 11.1 Å². The first-order valence-corrected chi connectivity index (χ1v) is 8.11. The van der Waals surface area contributed by atoms with Crippen molar-refractivity contribution in [1.82, 2.24) is 0 Å². The van der Waals surface area contributed by atoms with Crippen LogP contribution in [0.2, 0.25) is 0 Å². The number of nitriles is 1. The molecule has 0 saturated carbocycles. The zero-order valence-corrected chi connectivity index (χ0v) is 14.4. The second kappa shape index (κ2) is 10.0. The van der Waals surface area contributed by atoms with Crippen LogP contribution in [-0.2, 0) is 0 Å². The summed E-state index contributed by atoms with van der Waals surface area (Å²) < 4.78 is 0. The molecule has 130 valence electrons. The second-order valence-corrected chi connectivity index (χ2v) is 5.37. The first kappa shape index (κ1) is 19.3. The number of rotatable bonds is 7. The van der Waals surface area contributed by atoms with E-state index >= 15 is 0 Å². The molecule has 0 unspecified atom stereocenters. The lowest BCUT2D eigenvalue weighted by molar-refractivity contribution is 0.103. The van der Waals surface area contributed by atoms with Gasteiger partial charge in [-0.05, 0) is 18.0 Å². The molecule has 0 aliphatic carbocycles. The summed E-state index contributed by atoms with van der Waals surface area (Å²) in [5.41, 5.74) is 1.03. The van der Waals surface area contributed by atoms with Crippen molar-refractivity contribution in [3.63, 3.8) is 0 Å². The van der Waals surface area contributed by atoms with E-state index in [-0.39, 0.29) is 22.7 Å². The van der Waals surface area contributed by atoms with Gasteiger partial charge in [0.15, 0.2) is 0 Å². The molecule has 0 radical (unpaired) electrons. The Kier molecular flexibility index (Phi) is 7.17. The van der Waals surface area contributed by atoms with Gasteiger partial charge in [0.05, 0.1) is 11.1 Å². The normalized spacial score (nSPS) is 11.1. The average Bonchev–Trinajstić information content (AvgIpc) is 2.74. The second-order valence-electron chi connectivity index (χ2n) is 5.37. The summed E-state index contributed by atoms with van der Waals surface area (Å²) in [6.07, 6.45) is 7.52. The van der Waals surface area contributed by atoms with Crippen LogP contribution in [0.15, 0.2) is 102 Å². The Balaban J connectivity index is 2.07. The van der Waals surface area contributed by atoms with Crippen LogP contribution < -0.4 is 0 Å². The topological polar surface area (TPSA) is 81.8 Å². The summed E-state index contributed by atoms with van der Waals surface area (Å²) in [7, 11) is 0. The maximum absolute atomic E-state index is 12.2. The van der Waals surface area contributed by atoms with Gasteiger partial charge in [-0.15, -0.1) is 0 Å². The predicted molar refractivity (Wildman–Crippen MR) is 105 cm³/mol. The lowest BCUT2D eigenvalue weighted by Crippen LogP contribution is -2.01. The number of hydrogen-bond donors (Lipinski definition) is 1. The monoisotopic (exact) mass is 352 g/mol. The molecule has 0 aliphatic heterocycles. The van der Waals surface area contributed by atoms with E-state index in [1.54, 1.807) is 72.8 Å². The fourth-order valence-electron chi connectivity index (χ4n) is 2.20. The number of allylic oxidation sites excluding steroid dienone is 7. The highest BCUT2D eigenvalue weighted by molar-refractivity contribution is 6.15. The van der Waals surface area contributed by atoms with Crippen molar-refractivity contribution in [3.05, 3.63) is 113 Å². The Hall–Kier alpha value is -4.06.